The summed E-state index contributed by atoms with van der Waals surface area (Å²) in [6.07, 6.45) is 0. The van der Waals surface area contributed by atoms with Gasteiger partial charge in [0.1, 0.15) is 22.5 Å². The summed E-state index contributed by atoms with van der Waals surface area (Å²) in [5, 5.41) is 20.1. The van der Waals surface area contributed by atoms with E-state index in [0.717, 1.165) is 27.7 Å². The van der Waals surface area contributed by atoms with Gasteiger partial charge in [0.05, 0.1) is 0 Å². The Morgan fingerprint density at radius 1 is 0.846 bits per heavy atom. The zero-order chi connectivity index (χ0) is 18.3. The number of aromatic nitrogens is 3. The summed E-state index contributed by atoms with van der Waals surface area (Å²) in [5.41, 5.74) is 4.91. The molecule has 1 aromatic heterocycles. The Bertz CT molecular complexity index is 1050. The van der Waals surface area contributed by atoms with Gasteiger partial charge in [-0.25, -0.2) is 0 Å². The minimum Gasteiger partial charge on any atom is -0.505 e. The van der Waals surface area contributed by atoms with Gasteiger partial charge in [0.2, 0.25) is 0 Å². The van der Waals surface area contributed by atoms with E-state index in [0.29, 0.717) is 5.69 Å². The van der Waals surface area contributed by atoms with Gasteiger partial charge in [-0.15, -0.1) is 15.0 Å². The van der Waals surface area contributed by atoms with Crippen LogP contribution in [0.25, 0.3) is 16.7 Å². The summed E-state index contributed by atoms with van der Waals surface area (Å²) in [6, 6.07) is 21.9. The molecule has 0 aliphatic rings. The first-order valence-electron chi connectivity index (χ1n) is 8.69. The van der Waals surface area contributed by atoms with Gasteiger partial charge in [-0.2, -0.15) is 0 Å². The van der Waals surface area contributed by atoms with E-state index in [9.17, 15) is 5.11 Å². The van der Waals surface area contributed by atoms with E-state index in [1.54, 1.807) is 0 Å². The minimum atomic E-state index is -0.349. The molecule has 0 fully saturated rings. The maximum atomic E-state index is 11.1. The second-order valence-corrected chi connectivity index (χ2v) is 7.15. The summed E-state index contributed by atoms with van der Waals surface area (Å²) in [5.74, 6) is 0.213. The lowest BCUT2D eigenvalue weighted by Crippen LogP contribution is -2.20. The van der Waals surface area contributed by atoms with Crippen molar-refractivity contribution in [3.05, 3.63) is 83.4 Å². The summed E-state index contributed by atoms with van der Waals surface area (Å²) in [4.78, 5) is 1.53. The summed E-state index contributed by atoms with van der Waals surface area (Å²) in [7, 11) is 0. The van der Waals surface area contributed by atoms with E-state index in [-0.39, 0.29) is 11.2 Å². The molecular weight excluding hydrogens is 322 g/mol. The Balaban J connectivity index is 1.91. The fourth-order valence-electron chi connectivity index (χ4n) is 3.37. The van der Waals surface area contributed by atoms with Crippen LogP contribution in [0.1, 0.15) is 30.5 Å². The molecule has 0 spiro atoms. The van der Waals surface area contributed by atoms with Crippen molar-refractivity contribution in [2.75, 3.05) is 0 Å². The zero-order valence-electron chi connectivity index (χ0n) is 15.1. The second kappa shape index (κ2) is 5.99. The number of rotatable bonds is 3. The summed E-state index contributed by atoms with van der Waals surface area (Å²) < 4.78 is 0. The van der Waals surface area contributed by atoms with Crippen LogP contribution in [0.2, 0.25) is 0 Å². The normalized spacial score (nSPS) is 11.8. The molecule has 130 valence electrons. The highest BCUT2D eigenvalue weighted by Crippen LogP contribution is 2.40. The van der Waals surface area contributed by atoms with E-state index in [4.69, 9.17) is 0 Å². The van der Waals surface area contributed by atoms with Crippen molar-refractivity contribution in [2.45, 2.75) is 26.2 Å². The smallest absolute Gasteiger partial charge is 0.147 e. The number of hydrogen-bond donors (Lipinski definition) is 1. The first-order valence-corrected chi connectivity index (χ1v) is 8.69. The molecule has 4 aromatic rings. The molecule has 1 heterocycles. The molecule has 0 bridgehead atoms. The number of phenolic OH excluding ortho intramolecular Hbond substituents is 1. The predicted octanol–water partition coefficient (Wildman–Crippen LogP) is 4.76. The number of hydrogen-bond acceptors (Lipinski definition) is 3. The summed E-state index contributed by atoms with van der Waals surface area (Å²) >= 11 is 0. The van der Waals surface area contributed by atoms with Crippen LogP contribution in [0.5, 0.6) is 5.75 Å². The lowest BCUT2D eigenvalue weighted by atomic mass is 9.77. The van der Waals surface area contributed by atoms with Crippen LogP contribution in [-0.4, -0.2) is 20.1 Å². The lowest BCUT2D eigenvalue weighted by Gasteiger charge is -2.28. The highest BCUT2D eigenvalue weighted by Gasteiger charge is 2.28. The van der Waals surface area contributed by atoms with Crippen LogP contribution in [0.3, 0.4) is 0 Å². The number of benzene rings is 3. The van der Waals surface area contributed by atoms with Crippen molar-refractivity contribution in [2.24, 2.45) is 0 Å². The van der Waals surface area contributed by atoms with Gasteiger partial charge >= 0.3 is 0 Å². The van der Waals surface area contributed by atoms with Crippen LogP contribution >= 0.6 is 0 Å². The van der Waals surface area contributed by atoms with E-state index in [1.807, 2.05) is 61.5 Å². The molecule has 0 amide bonds. The number of aryl methyl sites for hydroxylation is 1. The van der Waals surface area contributed by atoms with E-state index in [1.165, 1.54) is 4.80 Å². The van der Waals surface area contributed by atoms with E-state index >= 15 is 0 Å². The molecule has 0 aliphatic carbocycles. The topological polar surface area (TPSA) is 50.9 Å². The molecule has 4 heteroatoms. The molecule has 4 rings (SSSR count). The second-order valence-electron chi connectivity index (χ2n) is 7.15. The van der Waals surface area contributed by atoms with Gasteiger partial charge in [-0.1, -0.05) is 62.4 Å². The molecule has 0 atom stereocenters. The molecular formula is C22H21N3O. The Hall–Kier alpha value is -3.14. The highest BCUT2D eigenvalue weighted by molar-refractivity contribution is 5.74. The number of phenols is 1. The standard InChI is InChI=1S/C22H21N3O/c1-15-13-17(22(2,3)16-9-5-4-6-10-16)21(26)20(14-15)25-23-18-11-7-8-12-19(18)24-25/h4-14,26H,1-3H3. The van der Waals surface area contributed by atoms with Crippen LogP contribution in [-0.2, 0) is 5.41 Å². The molecule has 0 unspecified atom stereocenters. The SMILES string of the molecule is Cc1cc(-n2nc3ccccc3n2)c(O)c(C(C)(C)c2ccccc2)c1. The molecule has 0 radical (unpaired) electrons. The fourth-order valence-corrected chi connectivity index (χ4v) is 3.37. The molecule has 1 N–H and O–H groups in total. The van der Waals surface area contributed by atoms with E-state index < -0.39 is 0 Å². The first-order chi connectivity index (χ1) is 12.5. The average molecular weight is 343 g/mol. The first kappa shape index (κ1) is 16.3. The third kappa shape index (κ3) is 2.64. The Kier molecular flexibility index (Phi) is 3.76. The third-order valence-electron chi connectivity index (χ3n) is 4.91. The summed E-state index contributed by atoms with van der Waals surface area (Å²) in [6.45, 7) is 6.26. The van der Waals surface area contributed by atoms with Gasteiger partial charge in [0.25, 0.3) is 0 Å². The Morgan fingerprint density at radius 2 is 1.42 bits per heavy atom. The van der Waals surface area contributed by atoms with Crippen molar-refractivity contribution in [1.29, 1.82) is 0 Å². The van der Waals surface area contributed by atoms with Gasteiger partial charge in [-0.3, -0.25) is 0 Å². The van der Waals surface area contributed by atoms with Gasteiger partial charge in [-0.05, 0) is 36.2 Å². The minimum absolute atomic E-state index is 0.213. The molecule has 0 saturated carbocycles. The molecule has 26 heavy (non-hydrogen) atoms. The van der Waals surface area contributed by atoms with Crippen molar-refractivity contribution in [1.82, 2.24) is 15.0 Å². The molecule has 0 saturated heterocycles. The maximum absolute atomic E-state index is 11.1. The fraction of sp³-hybridized carbons (Fsp3) is 0.182. The van der Waals surface area contributed by atoms with Gasteiger partial charge in [0, 0.05) is 11.0 Å². The number of fused-ring (bicyclic) bond motifs is 1. The quantitative estimate of drug-likeness (QED) is 0.583. The van der Waals surface area contributed by atoms with Crippen molar-refractivity contribution in [3.8, 4) is 11.4 Å². The Labute approximate surface area is 152 Å². The number of nitrogens with zero attached hydrogens (tertiary/aromatic N) is 3. The molecule has 4 nitrogen and oxygen atoms in total. The van der Waals surface area contributed by atoms with E-state index in [2.05, 4.69) is 36.2 Å². The lowest BCUT2D eigenvalue weighted by molar-refractivity contribution is 0.446. The zero-order valence-corrected chi connectivity index (χ0v) is 15.1. The largest absolute Gasteiger partial charge is 0.505 e. The van der Waals surface area contributed by atoms with Crippen LogP contribution in [0.4, 0.5) is 0 Å². The van der Waals surface area contributed by atoms with Gasteiger partial charge < -0.3 is 5.11 Å². The van der Waals surface area contributed by atoms with Crippen LogP contribution in [0.15, 0.2) is 66.7 Å². The van der Waals surface area contributed by atoms with Gasteiger partial charge in [0.15, 0.2) is 0 Å². The monoisotopic (exact) mass is 343 g/mol. The highest BCUT2D eigenvalue weighted by atomic mass is 16.3. The maximum Gasteiger partial charge on any atom is 0.147 e. The van der Waals surface area contributed by atoms with Crippen LogP contribution in [0, 0.1) is 6.92 Å². The predicted molar refractivity (Wildman–Crippen MR) is 104 cm³/mol. The van der Waals surface area contributed by atoms with Crippen molar-refractivity contribution < 1.29 is 5.11 Å². The number of aromatic hydroxyl groups is 1. The van der Waals surface area contributed by atoms with Crippen molar-refractivity contribution >= 4 is 11.0 Å². The average Bonchev–Trinajstić information content (AvgIpc) is 3.08. The third-order valence-corrected chi connectivity index (χ3v) is 4.91. The van der Waals surface area contributed by atoms with Crippen LogP contribution < -0.4 is 0 Å². The molecule has 3 aromatic carbocycles. The van der Waals surface area contributed by atoms with Crippen molar-refractivity contribution in [3.63, 3.8) is 0 Å². The molecule has 0 aliphatic heterocycles. The Morgan fingerprint density at radius 3 is 2.04 bits per heavy atom.